The van der Waals surface area contributed by atoms with Gasteiger partial charge in [-0.2, -0.15) is 23.3 Å². The molecule has 0 fully saturated rings. The molecule has 3 heterocycles. The van der Waals surface area contributed by atoms with Crippen LogP contribution in [0.4, 0.5) is 24.8 Å². The molecule has 2 atom stereocenters. The van der Waals surface area contributed by atoms with E-state index in [1.165, 1.54) is 23.1 Å². The lowest BCUT2D eigenvalue weighted by molar-refractivity contribution is -0.137. The van der Waals surface area contributed by atoms with E-state index in [1.807, 2.05) is 0 Å². The summed E-state index contributed by atoms with van der Waals surface area (Å²) in [4.78, 5) is 25.8. The third-order valence-electron chi connectivity index (χ3n) is 4.59. The number of pyridine rings is 1. The fraction of sp³-hybridized carbons (Fsp3) is 0.211. The number of carbonyl (C=O) groups excluding carboxylic acids is 1. The SMILES string of the molecule is CC1=Nc2ncnn2C(c2ccccn2)C1C(=O)Nc1cccc(C(F)(F)F)c1. The van der Waals surface area contributed by atoms with Crippen molar-refractivity contribution in [1.82, 2.24) is 19.7 Å². The molecular formula is C19H15F3N6O. The van der Waals surface area contributed by atoms with Crippen molar-refractivity contribution in [3.63, 3.8) is 0 Å². The maximum Gasteiger partial charge on any atom is 0.416 e. The van der Waals surface area contributed by atoms with Gasteiger partial charge in [-0.1, -0.05) is 12.1 Å². The fourth-order valence-electron chi connectivity index (χ4n) is 3.29. The first-order valence-electron chi connectivity index (χ1n) is 8.68. The van der Waals surface area contributed by atoms with Crippen LogP contribution in [0.3, 0.4) is 0 Å². The molecule has 29 heavy (non-hydrogen) atoms. The summed E-state index contributed by atoms with van der Waals surface area (Å²) in [6, 6.07) is 9.13. The van der Waals surface area contributed by atoms with E-state index in [9.17, 15) is 18.0 Å². The highest BCUT2D eigenvalue weighted by Gasteiger charge is 2.39. The van der Waals surface area contributed by atoms with Crippen LogP contribution in [0.5, 0.6) is 0 Å². The lowest BCUT2D eigenvalue weighted by Gasteiger charge is -2.29. The minimum Gasteiger partial charge on any atom is -0.325 e. The van der Waals surface area contributed by atoms with Crippen molar-refractivity contribution in [2.75, 3.05) is 5.32 Å². The Kier molecular flexibility index (Phi) is 4.61. The highest BCUT2D eigenvalue weighted by molar-refractivity contribution is 6.10. The Balaban J connectivity index is 1.70. The van der Waals surface area contributed by atoms with Gasteiger partial charge in [0.1, 0.15) is 18.3 Å². The molecule has 1 aliphatic rings. The zero-order chi connectivity index (χ0) is 20.6. The number of fused-ring (bicyclic) bond motifs is 1. The number of hydrogen-bond donors (Lipinski definition) is 1. The molecule has 2 unspecified atom stereocenters. The van der Waals surface area contributed by atoms with Gasteiger partial charge in [0.2, 0.25) is 11.9 Å². The van der Waals surface area contributed by atoms with Crippen LogP contribution in [0.25, 0.3) is 0 Å². The first-order chi connectivity index (χ1) is 13.8. The van der Waals surface area contributed by atoms with Crippen LogP contribution < -0.4 is 5.32 Å². The van der Waals surface area contributed by atoms with Gasteiger partial charge in [-0.15, -0.1) is 0 Å². The number of rotatable bonds is 3. The van der Waals surface area contributed by atoms with Gasteiger partial charge in [0.25, 0.3) is 0 Å². The molecule has 0 bridgehead atoms. The normalized spacial score (nSPS) is 18.7. The van der Waals surface area contributed by atoms with Gasteiger partial charge in [-0.3, -0.25) is 9.78 Å². The zero-order valence-electron chi connectivity index (χ0n) is 15.1. The number of hydrogen-bond acceptors (Lipinski definition) is 5. The van der Waals surface area contributed by atoms with Crippen LogP contribution in [0.2, 0.25) is 0 Å². The average Bonchev–Trinajstić information content (AvgIpc) is 3.15. The molecule has 0 saturated carbocycles. The average molecular weight is 400 g/mol. The van der Waals surface area contributed by atoms with Crippen molar-refractivity contribution in [3.8, 4) is 0 Å². The van der Waals surface area contributed by atoms with Crippen LogP contribution >= 0.6 is 0 Å². The Morgan fingerprint density at radius 3 is 2.69 bits per heavy atom. The Bertz CT molecular complexity index is 1080. The standard InChI is InChI=1S/C19H15F3N6O/c1-11-15(17(29)27-13-6-4-5-12(9-13)19(20,21)22)16(14-7-2-3-8-23-14)28-18(26-11)24-10-25-28/h2-10,15-16H,1H3,(H,27,29). The summed E-state index contributed by atoms with van der Waals surface area (Å²) >= 11 is 0. The van der Waals surface area contributed by atoms with Crippen molar-refractivity contribution in [1.29, 1.82) is 0 Å². The van der Waals surface area contributed by atoms with Crippen molar-refractivity contribution < 1.29 is 18.0 Å². The number of aliphatic imine (C=N–C) groups is 1. The smallest absolute Gasteiger partial charge is 0.325 e. The number of nitrogens with zero attached hydrogens (tertiary/aromatic N) is 5. The molecular weight excluding hydrogens is 385 g/mol. The van der Waals surface area contributed by atoms with Gasteiger partial charge in [-0.05, 0) is 37.3 Å². The molecule has 3 aromatic rings. The minimum atomic E-state index is -4.50. The van der Waals surface area contributed by atoms with Gasteiger partial charge in [0.15, 0.2) is 0 Å². The molecule has 7 nitrogen and oxygen atoms in total. The number of nitrogens with one attached hydrogen (secondary N) is 1. The number of carbonyl (C=O) groups is 1. The fourth-order valence-corrected chi connectivity index (χ4v) is 3.29. The second kappa shape index (κ2) is 7.12. The van der Waals surface area contributed by atoms with Crippen LogP contribution in [0, 0.1) is 5.92 Å². The van der Waals surface area contributed by atoms with E-state index in [2.05, 4.69) is 25.4 Å². The summed E-state index contributed by atoms with van der Waals surface area (Å²) in [6.45, 7) is 1.67. The Labute approximate surface area is 163 Å². The predicted molar refractivity (Wildman–Crippen MR) is 98.7 cm³/mol. The van der Waals surface area contributed by atoms with Gasteiger partial charge in [0.05, 0.1) is 11.3 Å². The van der Waals surface area contributed by atoms with Crippen LogP contribution in [0.1, 0.15) is 24.2 Å². The van der Waals surface area contributed by atoms with Gasteiger partial charge >= 0.3 is 6.18 Å². The summed E-state index contributed by atoms with van der Waals surface area (Å²) in [5, 5.41) is 6.73. The maximum atomic E-state index is 13.1. The van der Waals surface area contributed by atoms with E-state index in [0.717, 1.165) is 12.1 Å². The lowest BCUT2D eigenvalue weighted by Crippen LogP contribution is -2.39. The van der Waals surface area contributed by atoms with E-state index in [-0.39, 0.29) is 5.69 Å². The third kappa shape index (κ3) is 3.60. The quantitative estimate of drug-likeness (QED) is 0.727. The van der Waals surface area contributed by atoms with E-state index in [4.69, 9.17) is 0 Å². The van der Waals surface area contributed by atoms with Crippen molar-refractivity contribution >= 4 is 23.3 Å². The van der Waals surface area contributed by atoms with Crippen molar-refractivity contribution in [2.45, 2.75) is 19.1 Å². The van der Waals surface area contributed by atoms with Crippen LogP contribution in [0.15, 0.2) is 60.0 Å². The molecule has 0 spiro atoms. The lowest BCUT2D eigenvalue weighted by atomic mass is 9.90. The van der Waals surface area contributed by atoms with Gasteiger partial charge in [0, 0.05) is 17.6 Å². The second-order valence-corrected chi connectivity index (χ2v) is 6.50. The molecule has 0 aliphatic carbocycles. The van der Waals surface area contributed by atoms with Gasteiger partial charge < -0.3 is 5.32 Å². The molecule has 1 N–H and O–H groups in total. The summed E-state index contributed by atoms with van der Waals surface area (Å²) in [5.41, 5.74) is 0.231. The molecule has 148 valence electrons. The second-order valence-electron chi connectivity index (χ2n) is 6.50. The first kappa shape index (κ1) is 18.8. The van der Waals surface area contributed by atoms with Gasteiger partial charge in [-0.25, -0.2) is 9.67 Å². The zero-order valence-corrected chi connectivity index (χ0v) is 15.1. The van der Waals surface area contributed by atoms with E-state index in [1.54, 1.807) is 31.3 Å². The van der Waals surface area contributed by atoms with E-state index in [0.29, 0.717) is 17.4 Å². The number of halogens is 3. The molecule has 0 saturated heterocycles. The predicted octanol–water partition coefficient (Wildman–Crippen LogP) is 3.64. The summed E-state index contributed by atoms with van der Waals surface area (Å²) in [6.07, 6.45) is -1.58. The number of amides is 1. The summed E-state index contributed by atoms with van der Waals surface area (Å²) < 4.78 is 40.4. The number of benzene rings is 1. The van der Waals surface area contributed by atoms with Crippen molar-refractivity contribution in [3.05, 3.63) is 66.2 Å². The number of anilines is 1. The monoisotopic (exact) mass is 400 g/mol. The van der Waals surface area contributed by atoms with Crippen molar-refractivity contribution in [2.24, 2.45) is 10.9 Å². The molecule has 1 aliphatic heterocycles. The number of alkyl halides is 3. The minimum absolute atomic E-state index is 0.0433. The molecule has 10 heteroatoms. The molecule has 4 rings (SSSR count). The topological polar surface area (TPSA) is 85.1 Å². The Hall–Kier alpha value is -3.56. The molecule has 1 amide bonds. The third-order valence-corrected chi connectivity index (χ3v) is 4.59. The number of aromatic nitrogens is 4. The van der Waals surface area contributed by atoms with E-state index >= 15 is 0 Å². The molecule has 2 aromatic heterocycles. The highest BCUT2D eigenvalue weighted by Crippen LogP contribution is 2.35. The summed E-state index contributed by atoms with van der Waals surface area (Å²) in [5.74, 6) is -1.00. The Morgan fingerprint density at radius 2 is 1.97 bits per heavy atom. The summed E-state index contributed by atoms with van der Waals surface area (Å²) in [7, 11) is 0. The Morgan fingerprint density at radius 1 is 1.14 bits per heavy atom. The van der Waals surface area contributed by atoms with Crippen LogP contribution in [-0.4, -0.2) is 31.4 Å². The first-order valence-corrected chi connectivity index (χ1v) is 8.68. The van der Waals surface area contributed by atoms with Crippen LogP contribution in [-0.2, 0) is 11.0 Å². The van der Waals surface area contributed by atoms with E-state index < -0.39 is 29.6 Å². The highest BCUT2D eigenvalue weighted by atomic mass is 19.4. The molecule has 1 aromatic carbocycles. The largest absolute Gasteiger partial charge is 0.416 e. The maximum absolute atomic E-state index is 13.1. The molecule has 0 radical (unpaired) electrons.